The summed E-state index contributed by atoms with van der Waals surface area (Å²) in [7, 11) is 0. The monoisotopic (exact) mass is 219 g/mol. The molecule has 1 aliphatic rings. The first-order chi connectivity index (χ1) is 7.58. The molecular formula is C13H17NO2. The summed E-state index contributed by atoms with van der Waals surface area (Å²) in [6.07, 6.45) is 2.56. The van der Waals surface area contributed by atoms with Gasteiger partial charge in [0.25, 0.3) is 0 Å². The van der Waals surface area contributed by atoms with Gasteiger partial charge < -0.3 is 10.8 Å². The molecule has 0 saturated heterocycles. The Bertz CT molecular complexity index is 391. The molecule has 1 aliphatic carbocycles. The molecule has 1 aromatic carbocycles. The number of benzene rings is 1. The third-order valence-electron chi connectivity index (χ3n) is 3.72. The predicted molar refractivity (Wildman–Crippen MR) is 63.2 cm³/mol. The van der Waals surface area contributed by atoms with Gasteiger partial charge in [-0.15, -0.1) is 0 Å². The van der Waals surface area contributed by atoms with Crippen LogP contribution in [0.25, 0.3) is 0 Å². The van der Waals surface area contributed by atoms with Crippen molar-refractivity contribution in [2.24, 2.45) is 5.92 Å². The molecule has 3 heteroatoms. The smallest absolute Gasteiger partial charge is 0.314 e. The Morgan fingerprint density at radius 2 is 2.00 bits per heavy atom. The van der Waals surface area contributed by atoms with Crippen molar-refractivity contribution in [3.63, 3.8) is 0 Å². The van der Waals surface area contributed by atoms with E-state index in [-0.39, 0.29) is 0 Å². The average Bonchev–Trinajstić information content (AvgIpc) is 2.19. The number of aliphatic carboxylic acids is 1. The standard InChI is InChI=1S/C13H17NO2/c1-2-9-7-13(8-9,12(15)16)10-3-5-11(14)6-4-10/h3-6,9H,2,7-8,14H2,1H3,(H,15,16). The maximum atomic E-state index is 11.4. The van der Waals surface area contributed by atoms with Crippen molar-refractivity contribution < 1.29 is 9.90 Å². The first kappa shape index (κ1) is 11.0. The van der Waals surface area contributed by atoms with E-state index in [4.69, 9.17) is 5.73 Å². The molecule has 16 heavy (non-hydrogen) atoms. The molecule has 3 nitrogen and oxygen atoms in total. The second-order valence-electron chi connectivity index (χ2n) is 4.69. The molecule has 0 unspecified atom stereocenters. The zero-order valence-corrected chi connectivity index (χ0v) is 9.44. The lowest BCUT2D eigenvalue weighted by Gasteiger charge is -2.44. The van der Waals surface area contributed by atoms with Crippen LogP contribution < -0.4 is 5.73 Å². The number of carboxylic acid groups (broad SMARTS) is 1. The van der Waals surface area contributed by atoms with Crippen LogP contribution >= 0.6 is 0 Å². The van der Waals surface area contributed by atoms with Gasteiger partial charge in [0.15, 0.2) is 0 Å². The van der Waals surface area contributed by atoms with Gasteiger partial charge in [-0.2, -0.15) is 0 Å². The van der Waals surface area contributed by atoms with Crippen LogP contribution in [-0.4, -0.2) is 11.1 Å². The average molecular weight is 219 g/mol. The molecule has 1 aromatic rings. The molecule has 0 bridgehead atoms. The summed E-state index contributed by atoms with van der Waals surface area (Å²) in [5.74, 6) is -0.157. The Labute approximate surface area is 95.3 Å². The summed E-state index contributed by atoms with van der Waals surface area (Å²) in [6.45, 7) is 2.11. The summed E-state index contributed by atoms with van der Waals surface area (Å²) in [5.41, 5.74) is 6.52. The van der Waals surface area contributed by atoms with Gasteiger partial charge in [-0.3, -0.25) is 4.79 Å². The second-order valence-corrected chi connectivity index (χ2v) is 4.69. The van der Waals surface area contributed by atoms with Gasteiger partial charge in [0.2, 0.25) is 0 Å². The number of anilines is 1. The van der Waals surface area contributed by atoms with Crippen molar-refractivity contribution in [3.8, 4) is 0 Å². The van der Waals surface area contributed by atoms with E-state index >= 15 is 0 Å². The molecule has 2 rings (SSSR count). The number of rotatable bonds is 3. The van der Waals surface area contributed by atoms with E-state index < -0.39 is 11.4 Å². The van der Waals surface area contributed by atoms with Crippen LogP contribution in [0.4, 0.5) is 5.69 Å². The van der Waals surface area contributed by atoms with Crippen LogP contribution in [0, 0.1) is 5.92 Å². The van der Waals surface area contributed by atoms with Gasteiger partial charge in [0.05, 0.1) is 5.41 Å². The summed E-state index contributed by atoms with van der Waals surface area (Å²) in [4.78, 5) is 11.4. The first-order valence-electron chi connectivity index (χ1n) is 5.68. The Morgan fingerprint density at radius 3 is 2.44 bits per heavy atom. The molecule has 1 fully saturated rings. The number of hydrogen-bond acceptors (Lipinski definition) is 2. The summed E-state index contributed by atoms with van der Waals surface area (Å²) in [6, 6.07) is 7.24. The molecule has 0 spiro atoms. The van der Waals surface area contributed by atoms with Gasteiger partial charge in [-0.25, -0.2) is 0 Å². The highest BCUT2D eigenvalue weighted by Gasteiger charge is 2.50. The fourth-order valence-electron chi connectivity index (χ4n) is 2.55. The molecule has 0 amide bonds. The number of carboxylic acids is 1. The highest BCUT2D eigenvalue weighted by Crippen LogP contribution is 2.49. The molecular weight excluding hydrogens is 202 g/mol. The molecule has 0 radical (unpaired) electrons. The highest BCUT2D eigenvalue weighted by atomic mass is 16.4. The minimum absolute atomic E-state index is 0.550. The summed E-state index contributed by atoms with van der Waals surface area (Å²) < 4.78 is 0. The predicted octanol–water partition coefficient (Wildman–Crippen LogP) is 2.41. The molecule has 0 aliphatic heterocycles. The van der Waals surface area contributed by atoms with Crippen molar-refractivity contribution in [2.45, 2.75) is 31.6 Å². The van der Waals surface area contributed by atoms with Crippen molar-refractivity contribution in [2.75, 3.05) is 5.73 Å². The Balaban J connectivity index is 2.28. The molecule has 0 atom stereocenters. The zero-order valence-electron chi connectivity index (χ0n) is 9.44. The third kappa shape index (κ3) is 1.56. The van der Waals surface area contributed by atoms with E-state index in [9.17, 15) is 9.90 Å². The van der Waals surface area contributed by atoms with Crippen LogP contribution in [0.15, 0.2) is 24.3 Å². The molecule has 86 valence electrons. The molecule has 0 heterocycles. The van der Waals surface area contributed by atoms with Crippen molar-refractivity contribution in [3.05, 3.63) is 29.8 Å². The zero-order chi connectivity index (χ0) is 11.8. The van der Waals surface area contributed by atoms with Gasteiger partial charge in [-0.1, -0.05) is 25.5 Å². The fourth-order valence-corrected chi connectivity index (χ4v) is 2.55. The minimum Gasteiger partial charge on any atom is -0.481 e. The topological polar surface area (TPSA) is 63.3 Å². The van der Waals surface area contributed by atoms with E-state index in [1.807, 2.05) is 12.1 Å². The van der Waals surface area contributed by atoms with Crippen LogP contribution in [0.2, 0.25) is 0 Å². The quantitative estimate of drug-likeness (QED) is 0.767. The highest BCUT2D eigenvalue weighted by molar-refractivity contribution is 5.83. The number of nitrogen functional groups attached to an aromatic ring is 1. The molecule has 3 N–H and O–H groups in total. The van der Waals surface area contributed by atoms with Crippen LogP contribution in [0.1, 0.15) is 31.7 Å². The van der Waals surface area contributed by atoms with Crippen LogP contribution in [0.3, 0.4) is 0 Å². The Hall–Kier alpha value is -1.51. The normalized spacial score (nSPS) is 28.4. The van der Waals surface area contributed by atoms with Gasteiger partial charge in [0.1, 0.15) is 0 Å². The Kier molecular flexibility index (Phi) is 2.62. The largest absolute Gasteiger partial charge is 0.481 e. The lowest BCUT2D eigenvalue weighted by molar-refractivity contribution is -0.149. The number of nitrogens with two attached hydrogens (primary N) is 1. The lowest BCUT2D eigenvalue weighted by atomic mass is 9.58. The SMILES string of the molecule is CCC1CC(C(=O)O)(c2ccc(N)cc2)C1. The second kappa shape index (κ2) is 3.81. The number of hydrogen-bond donors (Lipinski definition) is 2. The summed E-state index contributed by atoms with van der Waals surface area (Å²) >= 11 is 0. The van der Waals surface area contributed by atoms with E-state index in [0.717, 1.165) is 24.8 Å². The van der Waals surface area contributed by atoms with E-state index in [2.05, 4.69) is 6.92 Å². The van der Waals surface area contributed by atoms with Crippen molar-refractivity contribution in [1.29, 1.82) is 0 Å². The maximum Gasteiger partial charge on any atom is 0.314 e. The van der Waals surface area contributed by atoms with Crippen molar-refractivity contribution in [1.82, 2.24) is 0 Å². The minimum atomic E-state index is -0.707. The van der Waals surface area contributed by atoms with E-state index in [1.165, 1.54) is 0 Å². The first-order valence-corrected chi connectivity index (χ1v) is 5.68. The van der Waals surface area contributed by atoms with Gasteiger partial charge in [0, 0.05) is 5.69 Å². The Morgan fingerprint density at radius 1 is 1.44 bits per heavy atom. The van der Waals surface area contributed by atoms with Gasteiger partial charge in [-0.05, 0) is 36.5 Å². The summed E-state index contributed by atoms with van der Waals surface area (Å²) in [5, 5.41) is 9.39. The maximum absolute atomic E-state index is 11.4. The van der Waals surface area contributed by atoms with Gasteiger partial charge >= 0.3 is 5.97 Å². The van der Waals surface area contributed by atoms with Crippen molar-refractivity contribution >= 4 is 11.7 Å². The fraction of sp³-hybridized carbons (Fsp3) is 0.462. The number of carbonyl (C=O) groups is 1. The molecule has 0 aromatic heterocycles. The van der Waals surface area contributed by atoms with E-state index in [1.54, 1.807) is 12.1 Å². The van der Waals surface area contributed by atoms with Crippen LogP contribution in [0.5, 0.6) is 0 Å². The molecule has 1 saturated carbocycles. The van der Waals surface area contributed by atoms with E-state index in [0.29, 0.717) is 11.6 Å². The van der Waals surface area contributed by atoms with Crippen LogP contribution in [-0.2, 0) is 10.2 Å². The third-order valence-corrected chi connectivity index (χ3v) is 3.72. The lowest BCUT2D eigenvalue weighted by Crippen LogP contribution is -2.47.